The zero-order valence-electron chi connectivity index (χ0n) is 10.4. The normalized spacial score (nSPS) is 15.6. The number of anilines is 1. The summed E-state index contributed by atoms with van der Waals surface area (Å²) >= 11 is 1.90. The van der Waals surface area contributed by atoms with Crippen molar-refractivity contribution in [2.24, 2.45) is 0 Å². The van der Waals surface area contributed by atoms with E-state index in [0.717, 1.165) is 25.2 Å². The third kappa shape index (κ3) is 2.57. The van der Waals surface area contributed by atoms with Crippen LogP contribution < -0.4 is 5.73 Å². The maximum atomic E-state index is 5.70. The Kier molecular flexibility index (Phi) is 3.35. The molecule has 0 atom stereocenters. The molecule has 0 saturated carbocycles. The molecule has 0 spiro atoms. The first-order valence-electron chi connectivity index (χ1n) is 6.43. The minimum absolute atomic E-state index is 0.847. The molecule has 0 aliphatic carbocycles. The van der Waals surface area contributed by atoms with E-state index in [2.05, 4.69) is 28.5 Å². The van der Waals surface area contributed by atoms with E-state index >= 15 is 0 Å². The monoisotopic (exact) mass is 258 g/mol. The van der Waals surface area contributed by atoms with Crippen LogP contribution in [0.25, 0.3) is 0 Å². The standard InChI is InChI=1S/C15H18N2S/c16-14-3-1-12(2-4-14)5-8-17-9-6-15-13(11-17)7-10-18-15/h1-4,7,10H,5-6,8-9,11,16H2. The molecule has 3 rings (SSSR count). The summed E-state index contributed by atoms with van der Waals surface area (Å²) in [6.45, 7) is 3.45. The molecule has 2 nitrogen and oxygen atoms in total. The van der Waals surface area contributed by atoms with Gasteiger partial charge in [0.1, 0.15) is 0 Å². The molecule has 3 heteroatoms. The largest absolute Gasteiger partial charge is 0.399 e. The third-order valence-electron chi connectivity index (χ3n) is 3.58. The van der Waals surface area contributed by atoms with Gasteiger partial charge in [-0.1, -0.05) is 12.1 Å². The molecule has 0 saturated heterocycles. The van der Waals surface area contributed by atoms with E-state index in [4.69, 9.17) is 5.73 Å². The second-order valence-corrected chi connectivity index (χ2v) is 5.89. The number of nitrogens with two attached hydrogens (primary N) is 1. The van der Waals surface area contributed by atoms with Crippen molar-refractivity contribution in [3.63, 3.8) is 0 Å². The van der Waals surface area contributed by atoms with Gasteiger partial charge in [0.25, 0.3) is 0 Å². The van der Waals surface area contributed by atoms with Crippen molar-refractivity contribution in [3.8, 4) is 0 Å². The lowest BCUT2D eigenvalue weighted by Crippen LogP contribution is -2.31. The maximum Gasteiger partial charge on any atom is 0.0314 e. The Hall–Kier alpha value is -1.32. The topological polar surface area (TPSA) is 29.3 Å². The fraction of sp³-hybridized carbons (Fsp3) is 0.333. The number of hydrogen-bond donors (Lipinski definition) is 1. The first-order chi connectivity index (χ1) is 8.81. The van der Waals surface area contributed by atoms with Crippen LogP contribution in [-0.4, -0.2) is 18.0 Å². The number of hydrogen-bond acceptors (Lipinski definition) is 3. The number of fused-ring (bicyclic) bond motifs is 1. The van der Waals surface area contributed by atoms with Crippen molar-refractivity contribution in [2.45, 2.75) is 19.4 Å². The van der Waals surface area contributed by atoms with Crippen LogP contribution in [0.15, 0.2) is 35.7 Å². The van der Waals surface area contributed by atoms with Gasteiger partial charge in [-0.25, -0.2) is 0 Å². The van der Waals surface area contributed by atoms with E-state index in [-0.39, 0.29) is 0 Å². The molecule has 0 fully saturated rings. The van der Waals surface area contributed by atoms with Gasteiger partial charge in [0.15, 0.2) is 0 Å². The molecule has 0 radical (unpaired) electrons. The van der Waals surface area contributed by atoms with Gasteiger partial charge in [0.2, 0.25) is 0 Å². The van der Waals surface area contributed by atoms with E-state index < -0.39 is 0 Å². The molecule has 1 aliphatic rings. The third-order valence-corrected chi connectivity index (χ3v) is 4.61. The second-order valence-electron chi connectivity index (χ2n) is 4.89. The first-order valence-corrected chi connectivity index (χ1v) is 7.31. The number of benzene rings is 1. The Morgan fingerprint density at radius 2 is 2.00 bits per heavy atom. The predicted octanol–water partition coefficient (Wildman–Crippen LogP) is 2.93. The molecule has 94 valence electrons. The molecule has 18 heavy (non-hydrogen) atoms. The van der Waals surface area contributed by atoms with E-state index in [1.807, 2.05) is 23.5 Å². The lowest BCUT2D eigenvalue weighted by atomic mass is 10.1. The molecule has 1 aromatic heterocycles. The van der Waals surface area contributed by atoms with Crippen LogP contribution in [0.3, 0.4) is 0 Å². The molecule has 1 aromatic carbocycles. The molecular weight excluding hydrogens is 240 g/mol. The molecule has 2 aromatic rings. The van der Waals surface area contributed by atoms with Crippen molar-refractivity contribution in [1.82, 2.24) is 4.90 Å². The summed E-state index contributed by atoms with van der Waals surface area (Å²) in [6.07, 6.45) is 2.33. The summed E-state index contributed by atoms with van der Waals surface area (Å²) in [6, 6.07) is 10.5. The van der Waals surface area contributed by atoms with Crippen LogP contribution in [0.2, 0.25) is 0 Å². The molecule has 0 amide bonds. The van der Waals surface area contributed by atoms with Gasteiger partial charge >= 0.3 is 0 Å². The predicted molar refractivity (Wildman–Crippen MR) is 77.9 cm³/mol. The number of nitrogens with zero attached hydrogens (tertiary/aromatic N) is 1. The zero-order valence-corrected chi connectivity index (χ0v) is 11.2. The number of thiophene rings is 1. The summed E-state index contributed by atoms with van der Waals surface area (Å²) < 4.78 is 0. The minimum atomic E-state index is 0.847. The summed E-state index contributed by atoms with van der Waals surface area (Å²) in [5, 5.41) is 2.22. The molecule has 1 aliphatic heterocycles. The average molecular weight is 258 g/mol. The zero-order chi connectivity index (χ0) is 12.4. The first kappa shape index (κ1) is 11.8. The Labute approximate surface area is 112 Å². The van der Waals surface area contributed by atoms with Gasteiger partial charge in [0, 0.05) is 30.2 Å². The van der Waals surface area contributed by atoms with Crippen LogP contribution >= 0.6 is 11.3 Å². The van der Waals surface area contributed by atoms with Crippen LogP contribution in [0.1, 0.15) is 16.0 Å². The highest BCUT2D eigenvalue weighted by molar-refractivity contribution is 7.10. The summed E-state index contributed by atoms with van der Waals surface area (Å²) in [7, 11) is 0. The van der Waals surface area contributed by atoms with E-state index in [9.17, 15) is 0 Å². The highest BCUT2D eigenvalue weighted by atomic mass is 32.1. The lowest BCUT2D eigenvalue weighted by molar-refractivity contribution is 0.259. The Morgan fingerprint density at radius 3 is 2.83 bits per heavy atom. The van der Waals surface area contributed by atoms with E-state index in [1.165, 1.54) is 24.1 Å². The quantitative estimate of drug-likeness (QED) is 0.858. The highest BCUT2D eigenvalue weighted by Gasteiger charge is 2.16. The van der Waals surface area contributed by atoms with Crippen molar-refractivity contribution in [3.05, 3.63) is 51.7 Å². The van der Waals surface area contributed by atoms with Crippen molar-refractivity contribution >= 4 is 17.0 Å². The highest BCUT2D eigenvalue weighted by Crippen LogP contribution is 2.24. The van der Waals surface area contributed by atoms with Gasteiger partial charge in [-0.3, -0.25) is 4.90 Å². The van der Waals surface area contributed by atoms with Gasteiger partial charge in [0.05, 0.1) is 0 Å². The minimum Gasteiger partial charge on any atom is -0.399 e. The summed E-state index contributed by atoms with van der Waals surface area (Å²) in [5.41, 5.74) is 9.45. The van der Waals surface area contributed by atoms with Gasteiger partial charge in [-0.2, -0.15) is 0 Å². The van der Waals surface area contributed by atoms with Gasteiger partial charge in [-0.15, -0.1) is 11.3 Å². The van der Waals surface area contributed by atoms with E-state index in [0.29, 0.717) is 0 Å². The van der Waals surface area contributed by atoms with Crippen molar-refractivity contribution in [2.75, 3.05) is 18.8 Å². The van der Waals surface area contributed by atoms with Crippen LogP contribution in [0.4, 0.5) is 5.69 Å². The summed E-state index contributed by atoms with van der Waals surface area (Å²) in [5.74, 6) is 0. The molecular formula is C15H18N2S. The molecule has 0 bridgehead atoms. The van der Waals surface area contributed by atoms with Crippen molar-refractivity contribution in [1.29, 1.82) is 0 Å². The van der Waals surface area contributed by atoms with Crippen LogP contribution in [-0.2, 0) is 19.4 Å². The summed E-state index contributed by atoms with van der Waals surface area (Å²) in [4.78, 5) is 4.13. The smallest absolute Gasteiger partial charge is 0.0314 e. The second kappa shape index (κ2) is 5.12. The molecule has 2 N–H and O–H groups in total. The Morgan fingerprint density at radius 1 is 1.17 bits per heavy atom. The fourth-order valence-corrected chi connectivity index (χ4v) is 3.36. The maximum absolute atomic E-state index is 5.70. The van der Waals surface area contributed by atoms with Gasteiger partial charge in [-0.05, 0) is 47.5 Å². The molecule has 2 heterocycles. The fourth-order valence-electron chi connectivity index (χ4n) is 2.47. The Balaban J connectivity index is 1.57. The SMILES string of the molecule is Nc1ccc(CCN2CCc3sccc3C2)cc1. The number of rotatable bonds is 3. The molecule has 0 unspecified atom stereocenters. The van der Waals surface area contributed by atoms with Gasteiger partial charge < -0.3 is 5.73 Å². The Bertz CT molecular complexity index is 516. The van der Waals surface area contributed by atoms with Crippen molar-refractivity contribution < 1.29 is 0 Å². The lowest BCUT2D eigenvalue weighted by Gasteiger charge is -2.26. The number of nitrogen functional groups attached to an aromatic ring is 1. The average Bonchev–Trinajstić information content (AvgIpc) is 2.85. The van der Waals surface area contributed by atoms with E-state index in [1.54, 1.807) is 4.88 Å². The van der Waals surface area contributed by atoms with Crippen LogP contribution in [0.5, 0.6) is 0 Å². The van der Waals surface area contributed by atoms with Crippen LogP contribution in [0, 0.1) is 0 Å².